The Kier molecular flexibility index (Phi) is 4.71. The minimum atomic E-state index is -0.502. The Labute approximate surface area is 165 Å². The van der Waals surface area contributed by atoms with Gasteiger partial charge in [0.2, 0.25) is 5.88 Å². The predicted octanol–water partition coefficient (Wildman–Crippen LogP) is 5.98. The number of nitrogens with zero attached hydrogens (tertiary/aromatic N) is 1. The van der Waals surface area contributed by atoms with Crippen molar-refractivity contribution in [3.63, 3.8) is 0 Å². The molecule has 0 aliphatic rings. The van der Waals surface area contributed by atoms with E-state index in [1.807, 2.05) is 30.3 Å². The maximum atomic E-state index is 12.4. The van der Waals surface area contributed by atoms with Crippen LogP contribution in [0.15, 0.2) is 81.8 Å². The van der Waals surface area contributed by atoms with E-state index in [-0.39, 0.29) is 17.2 Å². The summed E-state index contributed by atoms with van der Waals surface area (Å²) in [4.78, 5) is 12.4. The number of carbonyl (C=O) groups is 1. The van der Waals surface area contributed by atoms with E-state index in [2.05, 4.69) is 11.4 Å². The highest BCUT2D eigenvalue weighted by Gasteiger charge is 2.25. The number of rotatable bonds is 4. The van der Waals surface area contributed by atoms with Gasteiger partial charge in [0, 0.05) is 16.1 Å². The molecule has 0 atom stereocenters. The molecule has 0 fully saturated rings. The summed E-state index contributed by atoms with van der Waals surface area (Å²) in [6.07, 6.45) is 1.40. The van der Waals surface area contributed by atoms with Crippen LogP contribution < -0.4 is 5.32 Å². The summed E-state index contributed by atoms with van der Waals surface area (Å²) >= 11 is 6.00. The van der Waals surface area contributed by atoms with Crippen LogP contribution in [0.2, 0.25) is 5.02 Å². The van der Waals surface area contributed by atoms with Crippen LogP contribution in [0.4, 0.5) is 5.88 Å². The molecule has 2 heterocycles. The fraction of sp³-hybridized carbons (Fsp3) is 0. The van der Waals surface area contributed by atoms with E-state index in [1.165, 1.54) is 12.3 Å². The van der Waals surface area contributed by atoms with Gasteiger partial charge in [0.05, 0.1) is 6.26 Å². The van der Waals surface area contributed by atoms with Crippen molar-refractivity contribution in [1.82, 2.24) is 0 Å². The van der Waals surface area contributed by atoms with Crippen LogP contribution in [0, 0.1) is 11.3 Å². The largest absolute Gasteiger partial charge is 0.459 e. The van der Waals surface area contributed by atoms with E-state index in [0.29, 0.717) is 16.3 Å². The highest BCUT2D eigenvalue weighted by molar-refractivity contribution is 6.30. The van der Waals surface area contributed by atoms with Crippen molar-refractivity contribution in [1.29, 1.82) is 5.26 Å². The third kappa shape index (κ3) is 3.29. The standard InChI is InChI=1S/C22H13ClN2O3/c23-16-10-8-15(9-11-16)20-19(14-5-2-1-3-6-14)17(13-24)22(28-20)25-21(26)18-7-4-12-27-18/h1-12H,(H,25,26). The summed E-state index contributed by atoms with van der Waals surface area (Å²) in [6.45, 7) is 0. The zero-order chi connectivity index (χ0) is 19.5. The molecule has 0 bridgehead atoms. The first-order valence-corrected chi connectivity index (χ1v) is 8.78. The van der Waals surface area contributed by atoms with Gasteiger partial charge in [0.15, 0.2) is 5.76 Å². The van der Waals surface area contributed by atoms with Gasteiger partial charge in [-0.15, -0.1) is 0 Å². The van der Waals surface area contributed by atoms with Crippen LogP contribution in [-0.2, 0) is 0 Å². The second-order valence-electron chi connectivity index (χ2n) is 5.93. The van der Waals surface area contributed by atoms with Gasteiger partial charge < -0.3 is 8.83 Å². The van der Waals surface area contributed by atoms with Crippen molar-refractivity contribution >= 4 is 23.4 Å². The Morgan fingerprint density at radius 3 is 2.36 bits per heavy atom. The number of halogens is 1. The number of carbonyl (C=O) groups excluding carboxylic acids is 1. The Balaban J connectivity index is 1.87. The van der Waals surface area contributed by atoms with Crippen molar-refractivity contribution in [2.24, 2.45) is 0 Å². The second kappa shape index (κ2) is 7.47. The van der Waals surface area contributed by atoms with Gasteiger partial charge in [0.1, 0.15) is 17.4 Å². The molecule has 2 aromatic heterocycles. The van der Waals surface area contributed by atoms with Gasteiger partial charge in [-0.2, -0.15) is 5.26 Å². The Morgan fingerprint density at radius 1 is 0.964 bits per heavy atom. The van der Waals surface area contributed by atoms with Gasteiger partial charge in [0.25, 0.3) is 5.91 Å². The first-order valence-electron chi connectivity index (χ1n) is 8.40. The van der Waals surface area contributed by atoms with Crippen LogP contribution in [0.3, 0.4) is 0 Å². The molecule has 0 spiro atoms. The summed E-state index contributed by atoms with van der Waals surface area (Å²) in [5.74, 6) is 0.147. The SMILES string of the molecule is N#Cc1c(NC(=O)c2ccco2)oc(-c2ccc(Cl)cc2)c1-c1ccccc1. The number of furan rings is 2. The number of benzene rings is 2. The maximum absolute atomic E-state index is 12.4. The highest BCUT2D eigenvalue weighted by Crippen LogP contribution is 2.41. The van der Waals surface area contributed by atoms with Crippen molar-refractivity contribution in [2.75, 3.05) is 5.32 Å². The molecule has 1 N–H and O–H groups in total. The van der Waals surface area contributed by atoms with Crippen molar-refractivity contribution in [2.45, 2.75) is 0 Å². The molecule has 1 amide bonds. The smallest absolute Gasteiger partial charge is 0.293 e. The molecule has 2 aromatic carbocycles. The van der Waals surface area contributed by atoms with E-state index in [9.17, 15) is 10.1 Å². The highest BCUT2D eigenvalue weighted by atomic mass is 35.5. The fourth-order valence-electron chi connectivity index (χ4n) is 2.88. The molecule has 136 valence electrons. The molecule has 28 heavy (non-hydrogen) atoms. The van der Waals surface area contributed by atoms with Crippen LogP contribution in [0.1, 0.15) is 16.1 Å². The van der Waals surface area contributed by atoms with Gasteiger partial charge in [-0.3, -0.25) is 10.1 Å². The molecule has 6 heteroatoms. The zero-order valence-corrected chi connectivity index (χ0v) is 15.2. The summed E-state index contributed by atoms with van der Waals surface area (Å²) in [5, 5.41) is 13.0. The molecule has 0 saturated carbocycles. The van der Waals surface area contributed by atoms with Crippen molar-refractivity contribution in [3.05, 3.63) is 89.3 Å². The average molecular weight is 389 g/mol. The van der Waals surface area contributed by atoms with Gasteiger partial charge in [-0.25, -0.2) is 0 Å². The number of hydrogen-bond donors (Lipinski definition) is 1. The van der Waals surface area contributed by atoms with E-state index in [4.69, 9.17) is 20.4 Å². The minimum Gasteiger partial charge on any atom is -0.459 e. The Morgan fingerprint density at radius 2 is 1.71 bits per heavy atom. The van der Waals surface area contributed by atoms with Crippen LogP contribution in [0.25, 0.3) is 22.5 Å². The summed E-state index contributed by atoms with van der Waals surface area (Å²) in [6, 6.07) is 21.7. The quantitative estimate of drug-likeness (QED) is 0.466. The minimum absolute atomic E-state index is 0.0627. The number of hydrogen-bond acceptors (Lipinski definition) is 4. The zero-order valence-electron chi connectivity index (χ0n) is 14.5. The molecule has 4 rings (SSSR count). The van der Waals surface area contributed by atoms with Gasteiger partial charge in [-0.1, -0.05) is 41.9 Å². The topological polar surface area (TPSA) is 79.2 Å². The van der Waals surface area contributed by atoms with E-state index >= 15 is 0 Å². The molecule has 0 aliphatic carbocycles. The predicted molar refractivity (Wildman–Crippen MR) is 106 cm³/mol. The number of amides is 1. The lowest BCUT2D eigenvalue weighted by molar-refractivity contribution is 0.0994. The lowest BCUT2D eigenvalue weighted by Crippen LogP contribution is -2.11. The Bertz CT molecular complexity index is 1160. The van der Waals surface area contributed by atoms with Gasteiger partial charge >= 0.3 is 0 Å². The second-order valence-corrected chi connectivity index (χ2v) is 6.36. The summed E-state index contributed by atoms with van der Waals surface area (Å²) in [5.41, 5.74) is 2.36. The number of nitriles is 1. The number of anilines is 1. The Hall–Kier alpha value is -3.75. The summed E-state index contributed by atoms with van der Waals surface area (Å²) in [7, 11) is 0. The third-order valence-corrected chi connectivity index (χ3v) is 4.41. The van der Waals surface area contributed by atoms with E-state index in [1.54, 1.807) is 30.3 Å². The molecular formula is C22H13ClN2O3. The van der Waals surface area contributed by atoms with Crippen LogP contribution in [0.5, 0.6) is 0 Å². The molecule has 0 radical (unpaired) electrons. The molecular weight excluding hydrogens is 376 g/mol. The van der Waals surface area contributed by atoms with Crippen molar-refractivity contribution in [3.8, 4) is 28.5 Å². The molecule has 0 unspecified atom stereocenters. The lowest BCUT2D eigenvalue weighted by atomic mass is 9.98. The van der Waals surface area contributed by atoms with Gasteiger partial charge in [-0.05, 0) is 42.0 Å². The number of nitrogens with one attached hydrogen (secondary N) is 1. The summed E-state index contributed by atoms with van der Waals surface area (Å²) < 4.78 is 11.1. The average Bonchev–Trinajstić information content (AvgIpc) is 3.37. The monoisotopic (exact) mass is 388 g/mol. The maximum Gasteiger partial charge on any atom is 0.293 e. The van der Waals surface area contributed by atoms with E-state index in [0.717, 1.165) is 11.1 Å². The normalized spacial score (nSPS) is 10.4. The molecule has 0 saturated heterocycles. The van der Waals surface area contributed by atoms with Crippen LogP contribution >= 0.6 is 11.6 Å². The van der Waals surface area contributed by atoms with Crippen molar-refractivity contribution < 1.29 is 13.6 Å². The fourth-order valence-corrected chi connectivity index (χ4v) is 3.01. The lowest BCUT2D eigenvalue weighted by Gasteiger charge is -2.03. The van der Waals surface area contributed by atoms with Crippen LogP contribution in [-0.4, -0.2) is 5.91 Å². The van der Waals surface area contributed by atoms with E-state index < -0.39 is 5.91 Å². The first kappa shape index (κ1) is 17.7. The first-order chi connectivity index (χ1) is 13.7. The molecule has 0 aliphatic heterocycles. The molecule has 4 aromatic rings. The molecule has 5 nitrogen and oxygen atoms in total. The third-order valence-electron chi connectivity index (χ3n) is 4.16.